The SMILES string of the molecule is CCc1nc2c(cnn2CC)c(NC2CCOCC2)c1CN(Cc1cccc(-c2cccc(CC3CCN(C)CC3)c2)c1)C(=O)C1(C(N)=O)CC1. The molecular weight excluding hydrogens is 638 g/mol. The Balaban J connectivity index is 1.22. The van der Waals surface area contributed by atoms with E-state index in [1.54, 1.807) is 0 Å². The molecule has 270 valence electrons. The molecule has 4 heterocycles. The Morgan fingerprint density at radius 1 is 0.980 bits per heavy atom. The van der Waals surface area contributed by atoms with Gasteiger partial charge in [-0.1, -0.05) is 49.4 Å². The van der Waals surface area contributed by atoms with Crippen LogP contribution >= 0.6 is 0 Å². The van der Waals surface area contributed by atoms with Crippen molar-refractivity contribution in [3.63, 3.8) is 0 Å². The zero-order valence-corrected chi connectivity index (χ0v) is 30.5. The van der Waals surface area contributed by atoms with E-state index >= 15 is 0 Å². The number of aryl methyl sites for hydroxylation is 2. The summed E-state index contributed by atoms with van der Waals surface area (Å²) >= 11 is 0. The molecule has 4 aromatic rings. The number of primary amides is 1. The summed E-state index contributed by atoms with van der Waals surface area (Å²) in [6, 6.07) is 17.6. The molecule has 2 saturated heterocycles. The van der Waals surface area contributed by atoms with Crippen LogP contribution in [0.3, 0.4) is 0 Å². The van der Waals surface area contributed by atoms with Crippen LogP contribution in [-0.2, 0) is 46.8 Å². The van der Waals surface area contributed by atoms with E-state index in [1.165, 1.54) is 24.0 Å². The standard InChI is InChI=1S/C41H53N7O3/c1-4-36-35(37(44-33-14-20-51-21-15-33)34-25-43-48(5-2)38(34)45-36)27-47(40(50)41(16-17-41)39(42)49)26-30-9-7-11-32(24-30)31-10-6-8-29(23-31)22-28-12-18-46(3)19-13-28/h6-11,23-25,28,33H,4-5,12-22,26-27H2,1-3H3,(H2,42,49)(H,44,45). The molecule has 0 radical (unpaired) electrons. The fourth-order valence-electron chi connectivity index (χ4n) is 8.01. The van der Waals surface area contributed by atoms with Gasteiger partial charge >= 0.3 is 0 Å². The van der Waals surface area contributed by atoms with Crippen molar-refractivity contribution < 1.29 is 14.3 Å². The second-order valence-corrected chi connectivity index (χ2v) is 15.0. The van der Waals surface area contributed by atoms with Gasteiger partial charge in [-0.3, -0.25) is 9.59 Å². The van der Waals surface area contributed by atoms with Crippen molar-refractivity contribution in [1.82, 2.24) is 24.6 Å². The number of fused-ring (bicyclic) bond motifs is 1. The summed E-state index contributed by atoms with van der Waals surface area (Å²) in [7, 11) is 2.21. The second-order valence-electron chi connectivity index (χ2n) is 15.0. The second kappa shape index (κ2) is 15.1. The van der Waals surface area contributed by atoms with Gasteiger partial charge < -0.3 is 25.6 Å². The number of hydrogen-bond donors (Lipinski definition) is 2. The Morgan fingerprint density at radius 3 is 2.31 bits per heavy atom. The number of nitrogens with one attached hydrogen (secondary N) is 1. The smallest absolute Gasteiger partial charge is 0.238 e. The summed E-state index contributed by atoms with van der Waals surface area (Å²) in [5, 5.41) is 9.46. The maximum Gasteiger partial charge on any atom is 0.238 e. The zero-order chi connectivity index (χ0) is 35.5. The van der Waals surface area contributed by atoms with Gasteiger partial charge in [-0.05, 0) is 113 Å². The Morgan fingerprint density at radius 2 is 1.67 bits per heavy atom. The van der Waals surface area contributed by atoms with Gasteiger partial charge in [-0.25, -0.2) is 9.67 Å². The van der Waals surface area contributed by atoms with Crippen LogP contribution in [0.5, 0.6) is 0 Å². The summed E-state index contributed by atoms with van der Waals surface area (Å²) in [6.07, 6.45) is 8.90. The summed E-state index contributed by atoms with van der Waals surface area (Å²) in [5.41, 5.74) is 13.1. The first-order valence-corrected chi connectivity index (χ1v) is 19.0. The van der Waals surface area contributed by atoms with Crippen LogP contribution in [0.25, 0.3) is 22.2 Å². The lowest BCUT2D eigenvalue weighted by Crippen LogP contribution is -2.43. The molecule has 3 fully saturated rings. The van der Waals surface area contributed by atoms with Crippen molar-refractivity contribution in [2.45, 2.75) is 90.9 Å². The minimum absolute atomic E-state index is 0.205. The number of pyridine rings is 1. The van der Waals surface area contributed by atoms with Gasteiger partial charge in [0.25, 0.3) is 0 Å². The van der Waals surface area contributed by atoms with Crippen LogP contribution in [-0.4, -0.2) is 75.8 Å². The van der Waals surface area contributed by atoms with Crippen molar-refractivity contribution in [1.29, 1.82) is 0 Å². The first-order chi connectivity index (χ1) is 24.8. The molecule has 1 aliphatic carbocycles. The average molecular weight is 692 g/mol. The van der Waals surface area contributed by atoms with Crippen molar-refractivity contribution >= 4 is 28.5 Å². The van der Waals surface area contributed by atoms with Gasteiger partial charge in [0.2, 0.25) is 11.8 Å². The van der Waals surface area contributed by atoms with Crippen molar-refractivity contribution in [3.05, 3.63) is 77.1 Å². The number of anilines is 1. The molecule has 0 atom stereocenters. The molecule has 10 heteroatoms. The van der Waals surface area contributed by atoms with Gasteiger partial charge in [0.15, 0.2) is 5.65 Å². The fourth-order valence-corrected chi connectivity index (χ4v) is 8.01. The zero-order valence-electron chi connectivity index (χ0n) is 30.5. The third-order valence-electron chi connectivity index (χ3n) is 11.4. The molecule has 0 unspecified atom stereocenters. The number of piperidine rings is 1. The van der Waals surface area contributed by atoms with E-state index in [1.807, 2.05) is 15.8 Å². The van der Waals surface area contributed by atoms with Crippen LogP contribution in [0.2, 0.25) is 0 Å². The van der Waals surface area contributed by atoms with Gasteiger partial charge in [-0.15, -0.1) is 0 Å². The number of aromatic nitrogens is 3. The van der Waals surface area contributed by atoms with Crippen LogP contribution in [0.4, 0.5) is 5.69 Å². The van der Waals surface area contributed by atoms with Crippen molar-refractivity contribution in [3.8, 4) is 11.1 Å². The van der Waals surface area contributed by atoms with Crippen LogP contribution in [0, 0.1) is 11.3 Å². The minimum Gasteiger partial charge on any atom is -0.381 e. The average Bonchev–Trinajstić information content (AvgIpc) is 3.87. The number of amides is 2. The first kappa shape index (κ1) is 35.1. The highest BCUT2D eigenvalue weighted by molar-refractivity contribution is 6.07. The number of nitrogens with zero attached hydrogens (tertiary/aromatic N) is 5. The monoisotopic (exact) mass is 691 g/mol. The fraction of sp³-hybridized carbons (Fsp3) is 0.512. The number of hydrogen-bond acceptors (Lipinski definition) is 7. The molecule has 7 rings (SSSR count). The topological polar surface area (TPSA) is 119 Å². The molecule has 3 N–H and O–H groups in total. The maximum atomic E-state index is 14.4. The van der Waals surface area contributed by atoms with Gasteiger partial charge in [0, 0.05) is 50.1 Å². The number of rotatable bonds is 13. The molecule has 2 aromatic heterocycles. The highest BCUT2D eigenvalue weighted by Gasteiger charge is 2.57. The lowest BCUT2D eigenvalue weighted by molar-refractivity contribution is -0.144. The van der Waals surface area contributed by atoms with E-state index in [-0.39, 0.29) is 11.9 Å². The predicted octanol–water partition coefficient (Wildman–Crippen LogP) is 5.95. The molecule has 0 bridgehead atoms. The number of ether oxygens (including phenoxy) is 1. The lowest BCUT2D eigenvalue weighted by Gasteiger charge is -2.30. The highest BCUT2D eigenvalue weighted by atomic mass is 16.5. The molecular formula is C41H53N7O3. The van der Waals surface area contributed by atoms with E-state index in [0.29, 0.717) is 58.0 Å². The number of benzene rings is 2. The van der Waals surface area contributed by atoms with Crippen molar-refractivity contribution in [2.24, 2.45) is 17.1 Å². The summed E-state index contributed by atoms with van der Waals surface area (Å²) in [5.74, 6) is -0.0306. The Bertz CT molecular complexity index is 1870. The molecule has 3 aliphatic rings. The quantitative estimate of drug-likeness (QED) is 0.166. The van der Waals surface area contributed by atoms with E-state index in [2.05, 4.69) is 84.7 Å². The summed E-state index contributed by atoms with van der Waals surface area (Å²) in [6.45, 7) is 9.28. The Hall–Kier alpha value is -4.28. The number of nitrogens with two attached hydrogens (primary N) is 1. The summed E-state index contributed by atoms with van der Waals surface area (Å²) < 4.78 is 7.60. The highest BCUT2D eigenvalue weighted by Crippen LogP contribution is 2.48. The summed E-state index contributed by atoms with van der Waals surface area (Å²) in [4.78, 5) is 36.6. The minimum atomic E-state index is -1.15. The normalized spacial score (nSPS) is 18.2. The Kier molecular flexibility index (Phi) is 10.4. The largest absolute Gasteiger partial charge is 0.381 e. The predicted molar refractivity (Wildman–Crippen MR) is 201 cm³/mol. The van der Waals surface area contributed by atoms with Gasteiger partial charge in [0.05, 0.1) is 17.3 Å². The molecule has 2 amide bonds. The number of carbonyl (C=O) groups excluding carboxylic acids is 2. The number of carbonyl (C=O) groups is 2. The third kappa shape index (κ3) is 7.53. The molecule has 2 aromatic carbocycles. The molecule has 10 nitrogen and oxygen atoms in total. The number of likely N-dealkylation sites (tertiary alicyclic amines) is 1. The van der Waals surface area contributed by atoms with Crippen LogP contribution < -0.4 is 11.1 Å². The molecule has 1 saturated carbocycles. The van der Waals surface area contributed by atoms with E-state index in [9.17, 15) is 9.59 Å². The lowest BCUT2D eigenvalue weighted by atomic mass is 9.89. The molecule has 2 aliphatic heterocycles. The molecule has 51 heavy (non-hydrogen) atoms. The van der Waals surface area contributed by atoms with E-state index in [0.717, 1.165) is 71.5 Å². The molecule has 0 spiro atoms. The van der Waals surface area contributed by atoms with E-state index < -0.39 is 11.3 Å². The van der Waals surface area contributed by atoms with Crippen molar-refractivity contribution in [2.75, 3.05) is 38.7 Å². The van der Waals surface area contributed by atoms with Crippen LogP contribution in [0.15, 0.2) is 54.7 Å². The Labute approximate surface area is 301 Å². The van der Waals surface area contributed by atoms with Gasteiger partial charge in [-0.2, -0.15) is 5.10 Å². The van der Waals surface area contributed by atoms with E-state index in [4.69, 9.17) is 15.5 Å². The van der Waals surface area contributed by atoms with Crippen LogP contribution in [0.1, 0.15) is 74.8 Å². The third-order valence-corrected chi connectivity index (χ3v) is 11.4. The first-order valence-electron chi connectivity index (χ1n) is 19.0. The van der Waals surface area contributed by atoms with Gasteiger partial charge in [0.1, 0.15) is 5.41 Å². The maximum absolute atomic E-state index is 14.4.